The molecule has 2 heterocycles. The molecule has 1 aromatic rings. The van der Waals surface area contributed by atoms with Crippen molar-refractivity contribution in [3.63, 3.8) is 0 Å². The number of nitrogens with one attached hydrogen (secondary N) is 1. The van der Waals surface area contributed by atoms with Crippen LogP contribution in [0.5, 0.6) is 11.5 Å². The lowest BCUT2D eigenvalue weighted by Crippen LogP contribution is -2.45. The van der Waals surface area contributed by atoms with Crippen LogP contribution in [0.3, 0.4) is 0 Å². The molecular formula is C17H22N2O6. The molecule has 3 rings (SSSR count). The van der Waals surface area contributed by atoms with Gasteiger partial charge in [0.2, 0.25) is 6.79 Å². The number of ether oxygens (including phenoxy) is 4. The second kappa shape index (κ2) is 8.17. The molecule has 1 amide bonds. The number of rotatable bonds is 5. The minimum absolute atomic E-state index is 0.100. The van der Waals surface area contributed by atoms with Gasteiger partial charge in [0.05, 0.1) is 25.9 Å². The van der Waals surface area contributed by atoms with Crippen LogP contribution in [0.2, 0.25) is 0 Å². The first-order valence-electron chi connectivity index (χ1n) is 8.35. The number of nitrogens with zero attached hydrogens (tertiary/aromatic N) is 1. The van der Waals surface area contributed by atoms with Gasteiger partial charge in [0, 0.05) is 19.6 Å². The zero-order valence-corrected chi connectivity index (χ0v) is 14.2. The highest BCUT2D eigenvalue weighted by Gasteiger charge is 2.26. The van der Waals surface area contributed by atoms with Gasteiger partial charge in [0.25, 0.3) is 0 Å². The molecule has 0 aliphatic carbocycles. The standard InChI is InChI=1S/C17H22N2O6/c1-2-23-17(21)16(20)18-10-13(19-5-7-22-8-6-19)12-3-4-14-15(9-12)25-11-24-14/h3-4,9,13H,2,5-8,10-11H2,1H3,(H,18,20)/t13-/m0/s1. The molecule has 2 aliphatic heterocycles. The normalized spacial score (nSPS) is 17.8. The number of esters is 1. The van der Waals surface area contributed by atoms with Gasteiger partial charge in [-0.1, -0.05) is 6.07 Å². The zero-order chi connectivity index (χ0) is 17.6. The summed E-state index contributed by atoms with van der Waals surface area (Å²) in [5.41, 5.74) is 0.982. The highest BCUT2D eigenvalue weighted by molar-refractivity contribution is 6.32. The summed E-state index contributed by atoms with van der Waals surface area (Å²) in [7, 11) is 0. The number of morpholine rings is 1. The lowest BCUT2D eigenvalue weighted by molar-refractivity contribution is -0.154. The number of hydrogen-bond acceptors (Lipinski definition) is 7. The molecule has 0 spiro atoms. The van der Waals surface area contributed by atoms with Crippen molar-refractivity contribution in [2.24, 2.45) is 0 Å². The number of amides is 1. The van der Waals surface area contributed by atoms with E-state index in [4.69, 9.17) is 18.9 Å². The maximum Gasteiger partial charge on any atom is 0.396 e. The first kappa shape index (κ1) is 17.5. The van der Waals surface area contributed by atoms with Gasteiger partial charge in [0.15, 0.2) is 11.5 Å². The van der Waals surface area contributed by atoms with Crippen molar-refractivity contribution in [1.82, 2.24) is 10.2 Å². The van der Waals surface area contributed by atoms with Crippen LogP contribution in [-0.4, -0.2) is 63.0 Å². The Balaban J connectivity index is 1.73. The van der Waals surface area contributed by atoms with Crippen molar-refractivity contribution in [2.75, 3.05) is 46.2 Å². The topological polar surface area (TPSA) is 86.3 Å². The first-order chi connectivity index (χ1) is 12.2. The Morgan fingerprint density at radius 1 is 1.24 bits per heavy atom. The van der Waals surface area contributed by atoms with Crippen LogP contribution in [0.25, 0.3) is 0 Å². The van der Waals surface area contributed by atoms with Gasteiger partial charge in [-0.05, 0) is 24.6 Å². The third-order valence-electron chi connectivity index (χ3n) is 4.18. The van der Waals surface area contributed by atoms with Crippen LogP contribution in [0.15, 0.2) is 18.2 Å². The summed E-state index contributed by atoms with van der Waals surface area (Å²) >= 11 is 0. The van der Waals surface area contributed by atoms with Gasteiger partial charge in [-0.2, -0.15) is 0 Å². The van der Waals surface area contributed by atoms with E-state index in [0.717, 1.165) is 18.7 Å². The Hall–Kier alpha value is -2.32. The smallest absolute Gasteiger partial charge is 0.396 e. The molecule has 1 N–H and O–H groups in total. The molecule has 8 nitrogen and oxygen atoms in total. The summed E-state index contributed by atoms with van der Waals surface area (Å²) in [4.78, 5) is 25.6. The molecule has 0 radical (unpaired) electrons. The minimum atomic E-state index is -0.867. The Morgan fingerprint density at radius 3 is 2.76 bits per heavy atom. The van der Waals surface area contributed by atoms with E-state index in [0.29, 0.717) is 24.7 Å². The number of hydrogen-bond donors (Lipinski definition) is 1. The fraction of sp³-hybridized carbons (Fsp3) is 0.529. The summed E-state index contributed by atoms with van der Waals surface area (Å²) in [5.74, 6) is -0.206. The molecule has 1 fully saturated rings. The molecule has 0 bridgehead atoms. The molecule has 1 atom stereocenters. The van der Waals surface area contributed by atoms with Gasteiger partial charge in [0.1, 0.15) is 0 Å². The predicted octanol–water partition coefficient (Wildman–Crippen LogP) is 0.468. The van der Waals surface area contributed by atoms with Gasteiger partial charge in [-0.15, -0.1) is 0 Å². The monoisotopic (exact) mass is 350 g/mol. The molecule has 25 heavy (non-hydrogen) atoms. The Morgan fingerprint density at radius 2 is 2.00 bits per heavy atom. The van der Waals surface area contributed by atoms with Crippen molar-refractivity contribution in [3.8, 4) is 11.5 Å². The third kappa shape index (κ3) is 4.21. The van der Waals surface area contributed by atoms with E-state index >= 15 is 0 Å². The third-order valence-corrected chi connectivity index (χ3v) is 4.18. The van der Waals surface area contributed by atoms with E-state index in [1.807, 2.05) is 18.2 Å². The summed E-state index contributed by atoms with van der Waals surface area (Å²) in [6.07, 6.45) is 0. The van der Waals surface area contributed by atoms with Crippen molar-refractivity contribution < 1.29 is 28.5 Å². The highest BCUT2D eigenvalue weighted by atomic mass is 16.7. The van der Waals surface area contributed by atoms with Crippen LogP contribution >= 0.6 is 0 Å². The maximum atomic E-state index is 11.9. The average Bonchev–Trinajstić information content (AvgIpc) is 3.10. The zero-order valence-electron chi connectivity index (χ0n) is 14.2. The van der Waals surface area contributed by atoms with Crippen LogP contribution in [-0.2, 0) is 19.1 Å². The van der Waals surface area contributed by atoms with Gasteiger partial charge in [-0.25, -0.2) is 4.79 Å². The minimum Gasteiger partial charge on any atom is -0.459 e. The Bertz CT molecular complexity index is 630. The van der Waals surface area contributed by atoms with Crippen LogP contribution in [0, 0.1) is 0 Å². The molecule has 136 valence electrons. The van der Waals surface area contributed by atoms with Crippen molar-refractivity contribution in [2.45, 2.75) is 13.0 Å². The predicted molar refractivity (Wildman–Crippen MR) is 87.3 cm³/mol. The second-order valence-electron chi connectivity index (χ2n) is 5.71. The maximum absolute atomic E-state index is 11.9. The number of fused-ring (bicyclic) bond motifs is 1. The number of carbonyl (C=O) groups excluding carboxylic acids is 2. The lowest BCUT2D eigenvalue weighted by Gasteiger charge is -2.34. The molecule has 0 saturated carbocycles. The summed E-state index contributed by atoms with van der Waals surface area (Å²) in [5, 5.41) is 2.66. The Kier molecular flexibility index (Phi) is 5.72. The van der Waals surface area contributed by atoms with Crippen LogP contribution < -0.4 is 14.8 Å². The van der Waals surface area contributed by atoms with Gasteiger partial charge >= 0.3 is 11.9 Å². The van der Waals surface area contributed by atoms with Gasteiger partial charge in [-0.3, -0.25) is 9.69 Å². The molecule has 1 saturated heterocycles. The molecule has 2 aliphatic rings. The Labute approximate surface area is 146 Å². The first-order valence-corrected chi connectivity index (χ1v) is 8.35. The fourth-order valence-electron chi connectivity index (χ4n) is 2.93. The quantitative estimate of drug-likeness (QED) is 0.610. The van der Waals surface area contributed by atoms with E-state index in [1.165, 1.54) is 0 Å². The van der Waals surface area contributed by atoms with Crippen LogP contribution in [0.1, 0.15) is 18.5 Å². The van der Waals surface area contributed by atoms with Gasteiger partial charge < -0.3 is 24.3 Å². The largest absolute Gasteiger partial charge is 0.459 e. The van der Waals surface area contributed by atoms with Crippen molar-refractivity contribution in [1.29, 1.82) is 0 Å². The summed E-state index contributed by atoms with van der Waals surface area (Å²) < 4.78 is 20.9. The van der Waals surface area contributed by atoms with Crippen molar-refractivity contribution >= 4 is 11.9 Å². The summed E-state index contributed by atoms with van der Waals surface area (Å²) in [6.45, 7) is 5.08. The second-order valence-corrected chi connectivity index (χ2v) is 5.71. The van der Waals surface area contributed by atoms with E-state index < -0.39 is 11.9 Å². The molecule has 0 aromatic heterocycles. The molecule has 0 unspecified atom stereocenters. The molecule has 1 aromatic carbocycles. The van der Waals surface area contributed by atoms with E-state index in [2.05, 4.69) is 10.2 Å². The molecular weight excluding hydrogens is 328 g/mol. The lowest BCUT2D eigenvalue weighted by atomic mass is 10.0. The van der Waals surface area contributed by atoms with Crippen LogP contribution in [0.4, 0.5) is 0 Å². The van der Waals surface area contributed by atoms with Crippen molar-refractivity contribution in [3.05, 3.63) is 23.8 Å². The average molecular weight is 350 g/mol. The van der Waals surface area contributed by atoms with E-state index in [9.17, 15) is 9.59 Å². The number of benzene rings is 1. The molecule has 8 heteroatoms. The van der Waals surface area contributed by atoms with E-state index in [1.54, 1.807) is 6.92 Å². The van der Waals surface area contributed by atoms with E-state index in [-0.39, 0.29) is 26.0 Å². The SMILES string of the molecule is CCOC(=O)C(=O)NC[C@@H](c1ccc2c(c1)OCO2)N1CCOCC1. The summed E-state index contributed by atoms with van der Waals surface area (Å²) in [6, 6.07) is 5.62. The fourth-order valence-corrected chi connectivity index (χ4v) is 2.93. The highest BCUT2D eigenvalue weighted by Crippen LogP contribution is 2.35. The number of carbonyl (C=O) groups is 2.